The standard InChI is InChI=1S/C20H19NO2/c22-20-16-9-5-4-8-15(16)19(18-13-21-10-11-23-18)17(20)12-14-6-2-1-3-7-14/h1-9,12,18-19,21H,10-11,13H2. The van der Waals surface area contributed by atoms with E-state index in [1.165, 1.54) is 0 Å². The summed E-state index contributed by atoms with van der Waals surface area (Å²) in [6.45, 7) is 2.34. The van der Waals surface area contributed by atoms with E-state index in [-0.39, 0.29) is 17.8 Å². The third kappa shape index (κ3) is 2.62. The van der Waals surface area contributed by atoms with Gasteiger partial charge in [-0.2, -0.15) is 0 Å². The van der Waals surface area contributed by atoms with Crippen molar-refractivity contribution in [2.75, 3.05) is 19.7 Å². The Bertz CT molecular complexity index is 745. The molecule has 2 atom stereocenters. The molecule has 0 radical (unpaired) electrons. The van der Waals surface area contributed by atoms with Crippen molar-refractivity contribution in [1.82, 2.24) is 5.32 Å². The number of hydrogen-bond donors (Lipinski definition) is 1. The summed E-state index contributed by atoms with van der Waals surface area (Å²) >= 11 is 0. The zero-order valence-corrected chi connectivity index (χ0v) is 12.9. The Kier molecular flexibility index (Phi) is 3.82. The summed E-state index contributed by atoms with van der Waals surface area (Å²) in [6, 6.07) is 17.9. The number of rotatable bonds is 2. The van der Waals surface area contributed by atoms with E-state index in [9.17, 15) is 4.79 Å². The highest BCUT2D eigenvalue weighted by atomic mass is 16.5. The van der Waals surface area contributed by atoms with Crippen molar-refractivity contribution in [1.29, 1.82) is 0 Å². The molecule has 0 aromatic heterocycles. The first-order valence-corrected chi connectivity index (χ1v) is 8.07. The van der Waals surface area contributed by atoms with Crippen molar-refractivity contribution in [3.63, 3.8) is 0 Å². The highest BCUT2D eigenvalue weighted by Gasteiger charge is 2.40. The number of ether oxygens (including phenoxy) is 1. The average molecular weight is 305 g/mol. The molecule has 1 saturated heterocycles. The first-order valence-electron chi connectivity index (χ1n) is 8.07. The molecule has 1 N–H and O–H groups in total. The number of hydrogen-bond acceptors (Lipinski definition) is 3. The largest absolute Gasteiger partial charge is 0.375 e. The lowest BCUT2D eigenvalue weighted by molar-refractivity contribution is 0.0189. The predicted octanol–water partition coefficient (Wildman–Crippen LogP) is 3.04. The Hall–Kier alpha value is -2.23. The maximum absolute atomic E-state index is 12.9. The molecule has 2 aromatic carbocycles. The second kappa shape index (κ2) is 6.11. The summed E-state index contributed by atoms with van der Waals surface area (Å²) in [7, 11) is 0. The van der Waals surface area contributed by atoms with Crippen LogP contribution in [0.4, 0.5) is 0 Å². The van der Waals surface area contributed by atoms with E-state index in [0.717, 1.165) is 35.4 Å². The molecule has 3 heteroatoms. The van der Waals surface area contributed by atoms with Crippen molar-refractivity contribution in [3.05, 3.63) is 76.9 Å². The Balaban J connectivity index is 1.80. The summed E-state index contributed by atoms with van der Waals surface area (Å²) < 4.78 is 5.98. The number of carbonyl (C=O) groups is 1. The Morgan fingerprint density at radius 3 is 2.61 bits per heavy atom. The third-order valence-corrected chi connectivity index (χ3v) is 4.59. The van der Waals surface area contributed by atoms with E-state index in [1.54, 1.807) is 0 Å². The number of ketones is 1. The molecule has 2 aromatic rings. The van der Waals surface area contributed by atoms with Crippen molar-refractivity contribution < 1.29 is 9.53 Å². The molecule has 23 heavy (non-hydrogen) atoms. The number of Topliss-reactive ketones (excluding diaryl/α,β-unsaturated/α-hetero) is 1. The minimum atomic E-state index is 0.00584. The van der Waals surface area contributed by atoms with Crippen LogP contribution in [-0.2, 0) is 4.74 Å². The molecule has 0 spiro atoms. The van der Waals surface area contributed by atoms with Gasteiger partial charge in [0.1, 0.15) is 0 Å². The molecule has 116 valence electrons. The Morgan fingerprint density at radius 1 is 1.04 bits per heavy atom. The van der Waals surface area contributed by atoms with Crippen molar-refractivity contribution >= 4 is 11.9 Å². The number of morpholine rings is 1. The van der Waals surface area contributed by atoms with Crippen LogP contribution < -0.4 is 5.32 Å². The fourth-order valence-electron chi connectivity index (χ4n) is 3.52. The normalized spacial score (nSPS) is 25.6. The highest BCUT2D eigenvalue weighted by Crippen LogP contribution is 2.41. The highest BCUT2D eigenvalue weighted by molar-refractivity contribution is 6.16. The van der Waals surface area contributed by atoms with Crippen molar-refractivity contribution in [2.24, 2.45) is 0 Å². The predicted molar refractivity (Wildman–Crippen MR) is 90.5 cm³/mol. The van der Waals surface area contributed by atoms with E-state index >= 15 is 0 Å². The number of benzene rings is 2. The van der Waals surface area contributed by atoms with Gasteiger partial charge < -0.3 is 10.1 Å². The van der Waals surface area contributed by atoms with Gasteiger partial charge in [-0.15, -0.1) is 0 Å². The van der Waals surface area contributed by atoms with Gasteiger partial charge in [-0.3, -0.25) is 4.79 Å². The van der Waals surface area contributed by atoms with Gasteiger partial charge in [0.15, 0.2) is 5.78 Å². The fraction of sp³-hybridized carbons (Fsp3) is 0.250. The fourth-order valence-corrected chi connectivity index (χ4v) is 3.52. The van der Waals surface area contributed by atoms with E-state index < -0.39 is 0 Å². The van der Waals surface area contributed by atoms with Gasteiger partial charge >= 0.3 is 0 Å². The lowest BCUT2D eigenvalue weighted by Gasteiger charge is -2.29. The maximum atomic E-state index is 12.9. The molecule has 0 bridgehead atoms. The molecular weight excluding hydrogens is 286 g/mol. The molecule has 4 rings (SSSR count). The SMILES string of the molecule is O=C1C(=Cc2ccccc2)C(C2CNCCO2)c2ccccc21. The smallest absolute Gasteiger partial charge is 0.190 e. The molecule has 1 aliphatic heterocycles. The van der Waals surface area contributed by atoms with Gasteiger partial charge in [-0.1, -0.05) is 54.6 Å². The van der Waals surface area contributed by atoms with Gasteiger partial charge in [0.25, 0.3) is 0 Å². The zero-order chi connectivity index (χ0) is 15.6. The molecule has 2 unspecified atom stereocenters. The molecule has 0 saturated carbocycles. The van der Waals surface area contributed by atoms with Crippen LogP contribution in [0.15, 0.2) is 60.2 Å². The molecular formula is C20H19NO2. The average Bonchev–Trinajstić information content (AvgIpc) is 2.89. The van der Waals surface area contributed by atoms with Crippen LogP contribution in [0.3, 0.4) is 0 Å². The summed E-state index contributed by atoms with van der Waals surface area (Å²) in [5.41, 5.74) is 3.80. The monoisotopic (exact) mass is 305 g/mol. The quantitative estimate of drug-likeness (QED) is 0.867. The van der Waals surface area contributed by atoms with Crippen LogP contribution in [0, 0.1) is 0 Å². The lowest BCUT2D eigenvalue weighted by Crippen LogP contribution is -2.41. The van der Waals surface area contributed by atoms with Crippen LogP contribution in [-0.4, -0.2) is 31.6 Å². The first-order chi connectivity index (χ1) is 11.3. The molecule has 0 amide bonds. The molecule has 3 nitrogen and oxygen atoms in total. The third-order valence-electron chi connectivity index (χ3n) is 4.59. The van der Waals surface area contributed by atoms with Crippen LogP contribution in [0.25, 0.3) is 6.08 Å². The van der Waals surface area contributed by atoms with E-state index in [4.69, 9.17) is 4.74 Å². The van der Waals surface area contributed by atoms with Gasteiger partial charge in [-0.25, -0.2) is 0 Å². The number of fused-ring (bicyclic) bond motifs is 1. The van der Waals surface area contributed by atoms with Gasteiger partial charge in [0.2, 0.25) is 0 Å². The van der Waals surface area contributed by atoms with E-state index in [0.29, 0.717) is 6.61 Å². The summed E-state index contributed by atoms with van der Waals surface area (Å²) in [5.74, 6) is 0.135. The molecule has 1 heterocycles. The number of nitrogens with one attached hydrogen (secondary N) is 1. The first kappa shape index (κ1) is 14.4. The van der Waals surface area contributed by atoms with Gasteiger partial charge in [-0.05, 0) is 17.2 Å². The second-order valence-electron chi connectivity index (χ2n) is 6.02. The summed E-state index contributed by atoms with van der Waals surface area (Å²) in [4.78, 5) is 12.9. The zero-order valence-electron chi connectivity index (χ0n) is 12.9. The minimum absolute atomic E-state index is 0.00584. The number of carbonyl (C=O) groups excluding carboxylic acids is 1. The van der Waals surface area contributed by atoms with Gasteiger partial charge in [0, 0.05) is 30.1 Å². The van der Waals surface area contributed by atoms with E-state index in [2.05, 4.69) is 11.4 Å². The Labute approximate surface area is 136 Å². The minimum Gasteiger partial charge on any atom is -0.375 e. The van der Waals surface area contributed by atoms with Crippen LogP contribution in [0.2, 0.25) is 0 Å². The van der Waals surface area contributed by atoms with Crippen LogP contribution in [0.5, 0.6) is 0 Å². The lowest BCUT2D eigenvalue weighted by atomic mass is 9.90. The molecule has 1 fully saturated rings. The topological polar surface area (TPSA) is 38.3 Å². The Morgan fingerprint density at radius 2 is 1.83 bits per heavy atom. The van der Waals surface area contributed by atoms with Gasteiger partial charge in [0.05, 0.1) is 12.7 Å². The van der Waals surface area contributed by atoms with Crippen molar-refractivity contribution in [3.8, 4) is 0 Å². The van der Waals surface area contributed by atoms with Crippen LogP contribution >= 0.6 is 0 Å². The molecule has 2 aliphatic rings. The second-order valence-corrected chi connectivity index (χ2v) is 6.02. The van der Waals surface area contributed by atoms with E-state index in [1.807, 2.05) is 54.6 Å². The maximum Gasteiger partial charge on any atom is 0.190 e. The molecule has 1 aliphatic carbocycles. The summed E-state index contributed by atoms with van der Waals surface area (Å²) in [5, 5.41) is 3.38. The van der Waals surface area contributed by atoms with Crippen LogP contribution in [0.1, 0.15) is 27.4 Å². The summed E-state index contributed by atoms with van der Waals surface area (Å²) in [6.07, 6.45) is 2.02. The van der Waals surface area contributed by atoms with Crippen molar-refractivity contribution in [2.45, 2.75) is 12.0 Å².